The van der Waals surface area contributed by atoms with Gasteiger partial charge in [-0.1, -0.05) is 41.9 Å². The smallest absolute Gasteiger partial charge is 0.416 e. The van der Waals surface area contributed by atoms with E-state index < -0.39 is 17.6 Å². The molecule has 26 heavy (non-hydrogen) atoms. The molecule has 0 aromatic heterocycles. The fourth-order valence-electron chi connectivity index (χ4n) is 2.37. The van der Waals surface area contributed by atoms with Gasteiger partial charge in [0.15, 0.2) is 5.76 Å². The Bertz CT molecular complexity index is 853. The first kappa shape index (κ1) is 18.7. The Hall–Kier alpha value is -2.12. The van der Waals surface area contributed by atoms with E-state index >= 15 is 0 Å². The summed E-state index contributed by atoms with van der Waals surface area (Å²) in [7, 11) is 0. The van der Waals surface area contributed by atoms with E-state index in [2.05, 4.69) is 5.32 Å². The molecule has 3 rings (SSSR count). The highest BCUT2D eigenvalue weighted by Gasteiger charge is 2.31. The molecule has 0 bridgehead atoms. The molecule has 0 atom stereocenters. The largest absolute Gasteiger partial charge is 0.486 e. The van der Waals surface area contributed by atoms with Crippen molar-refractivity contribution < 1.29 is 22.7 Å². The van der Waals surface area contributed by atoms with Crippen molar-refractivity contribution in [2.75, 3.05) is 17.7 Å². The molecule has 0 saturated heterocycles. The van der Waals surface area contributed by atoms with Crippen molar-refractivity contribution in [2.24, 2.45) is 0 Å². The minimum atomic E-state index is -4.53. The van der Waals surface area contributed by atoms with Gasteiger partial charge in [0, 0.05) is 5.75 Å². The first-order valence-electron chi connectivity index (χ1n) is 7.59. The Morgan fingerprint density at radius 1 is 1.15 bits per heavy atom. The lowest BCUT2D eigenvalue weighted by Crippen LogP contribution is -2.21. The van der Waals surface area contributed by atoms with Crippen molar-refractivity contribution in [3.8, 4) is 0 Å². The van der Waals surface area contributed by atoms with Crippen LogP contribution in [0.3, 0.4) is 0 Å². The number of carbonyl (C=O) groups excluding carboxylic acids is 1. The standard InChI is InChI=1S/C18H13ClF3NO2S/c19-13-7-6-12(18(20,21)22)10-14(13)23-17(24)15-16(26-9-8-25-15)11-4-2-1-3-5-11/h1-7,10H,8-9H2,(H,23,24). The molecular weight excluding hydrogens is 387 g/mol. The van der Waals surface area contributed by atoms with Crippen LogP contribution >= 0.6 is 23.4 Å². The molecule has 2 aromatic carbocycles. The van der Waals surface area contributed by atoms with Gasteiger partial charge in [-0.2, -0.15) is 13.2 Å². The zero-order chi connectivity index (χ0) is 18.7. The number of amides is 1. The van der Waals surface area contributed by atoms with Crippen molar-refractivity contribution in [3.63, 3.8) is 0 Å². The van der Waals surface area contributed by atoms with E-state index in [9.17, 15) is 18.0 Å². The normalized spacial score (nSPS) is 14.8. The summed E-state index contributed by atoms with van der Waals surface area (Å²) in [6.45, 7) is 0.333. The van der Waals surface area contributed by atoms with Gasteiger partial charge in [-0.15, -0.1) is 11.8 Å². The van der Waals surface area contributed by atoms with Gasteiger partial charge in [0.05, 0.1) is 27.8 Å². The van der Waals surface area contributed by atoms with E-state index in [1.54, 1.807) is 0 Å². The van der Waals surface area contributed by atoms with E-state index in [-0.39, 0.29) is 16.5 Å². The predicted molar refractivity (Wildman–Crippen MR) is 96.9 cm³/mol. The number of benzene rings is 2. The third-order valence-electron chi connectivity index (χ3n) is 3.57. The zero-order valence-corrected chi connectivity index (χ0v) is 14.8. The van der Waals surface area contributed by atoms with Crippen LogP contribution in [0, 0.1) is 0 Å². The molecule has 1 amide bonds. The van der Waals surface area contributed by atoms with Crippen LogP contribution in [-0.4, -0.2) is 18.3 Å². The van der Waals surface area contributed by atoms with Crippen LogP contribution in [0.2, 0.25) is 5.02 Å². The highest BCUT2D eigenvalue weighted by atomic mass is 35.5. The first-order chi connectivity index (χ1) is 12.4. The molecule has 1 aliphatic heterocycles. The summed E-state index contributed by atoms with van der Waals surface area (Å²) in [6, 6.07) is 11.9. The molecular formula is C18H13ClF3NO2S. The number of anilines is 1. The Kier molecular flexibility index (Phi) is 5.48. The summed E-state index contributed by atoms with van der Waals surface area (Å²) in [4.78, 5) is 13.3. The van der Waals surface area contributed by atoms with Gasteiger partial charge in [0.25, 0.3) is 5.91 Å². The summed E-state index contributed by atoms with van der Waals surface area (Å²) in [5, 5.41) is 2.44. The average molecular weight is 400 g/mol. The summed E-state index contributed by atoms with van der Waals surface area (Å²) in [5.74, 6) is 0.101. The molecule has 3 nitrogen and oxygen atoms in total. The Morgan fingerprint density at radius 2 is 1.88 bits per heavy atom. The molecule has 0 aliphatic carbocycles. The van der Waals surface area contributed by atoms with Gasteiger partial charge < -0.3 is 10.1 Å². The van der Waals surface area contributed by atoms with Crippen LogP contribution in [0.25, 0.3) is 4.91 Å². The third-order valence-corrected chi connectivity index (χ3v) is 4.98. The molecule has 0 radical (unpaired) electrons. The Labute approximate surface area is 157 Å². The molecule has 1 aliphatic rings. The first-order valence-corrected chi connectivity index (χ1v) is 8.96. The van der Waals surface area contributed by atoms with Crippen molar-refractivity contribution in [1.82, 2.24) is 0 Å². The predicted octanol–water partition coefficient (Wildman–Crippen LogP) is 5.43. The number of halogens is 4. The quantitative estimate of drug-likeness (QED) is 0.748. The number of hydrogen-bond donors (Lipinski definition) is 1. The minimum Gasteiger partial charge on any atom is -0.486 e. The highest BCUT2D eigenvalue weighted by molar-refractivity contribution is 8.08. The van der Waals surface area contributed by atoms with Crippen molar-refractivity contribution in [3.05, 3.63) is 70.4 Å². The second-order valence-electron chi connectivity index (χ2n) is 5.37. The molecule has 0 unspecified atom stereocenters. The Morgan fingerprint density at radius 3 is 2.58 bits per heavy atom. The molecule has 0 fully saturated rings. The second kappa shape index (κ2) is 7.63. The topological polar surface area (TPSA) is 38.3 Å². The van der Waals surface area contributed by atoms with Gasteiger partial charge in [0.1, 0.15) is 0 Å². The van der Waals surface area contributed by atoms with Crippen LogP contribution < -0.4 is 5.32 Å². The van der Waals surface area contributed by atoms with Gasteiger partial charge in [-0.05, 0) is 23.8 Å². The summed E-state index contributed by atoms with van der Waals surface area (Å²) >= 11 is 7.39. The van der Waals surface area contributed by atoms with Gasteiger partial charge >= 0.3 is 6.18 Å². The van der Waals surface area contributed by atoms with Crippen LogP contribution in [0.4, 0.5) is 18.9 Å². The van der Waals surface area contributed by atoms with Crippen molar-refractivity contribution in [1.29, 1.82) is 0 Å². The summed E-state index contributed by atoms with van der Waals surface area (Å²) in [5.41, 5.74) is -0.212. The molecule has 2 aromatic rings. The molecule has 1 N–H and O–H groups in total. The number of alkyl halides is 3. The maximum atomic E-state index is 12.9. The third kappa shape index (κ3) is 4.16. The fraction of sp³-hybridized carbons (Fsp3) is 0.167. The van der Waals surface area contributed by atoms with Crippen LogP contribution in [-0.2, 0) is 15.7 Å². The maximum absolute atomic E-state index is 12.9. The Balaban J connectivity index is 1.93. The van der Waals surface area contributed by atoms with Crippen LogP contribution in [0.15, 0.2) is 54.3 Å². The lowest BCUT2D eigenvalue weighted by atomic mass is 10.1. The molecule has 136 valence electrons. The van der Waals surface area contributed by atoms with E-state index in [1.165, 1.54) is 11.8 Å². The number of ether oxygens (including phenoxy) is 1. The number of nitrogens with one attached hydrogen (secondary N) is 1. The molecule has 1 heterocycles. The molecule has 0 saturated carbocycles. The number of carbonyl (C=O) groups is 1. The minimum absolute atomic E-state index is 0.0108. The van der Waals surface area contributed by atoms with Crippen LogP contribution in [0.1, 0.15) is 11.1 Å². The van der Waals surface area contributed by atoms with Gasteiger partial charge in [-0.3, -0.25) is 4.79 Å². The van der Waals surface area contributed by atoms with Gasteiger partial charge in [0.2, 0.25) is 0 Å². The number of hydrogen-bond acceptors (Lipinski definition) is 3. The van der Waals surface area contributed by atoms with E-state index in [0.29, 0.717) is 17.3 Å². The number of rotatable bonds is 3. The summed E-state index contributed by atoms with van der Waals surface area (Å²) < 4.78 is 44.1. The van der Waals surface area contributed by atoms with Crippen molar-refractivity contribution >= 4 is 39.9 Å². The fourth-order valence-corrected chi connectivity index (χ4v) is 3.49. The lowest BCUT2D eigenvalue weighted by molar-refractivity contribution is -0.137. The average Bonchev–Trinajstić information content (AvgIpc) is 2.63. The number of thioether (sulfide) groups is 1. The maximum Gasteiger partial charge on any atom is 0.416 e. The zero-order valence-electron chi connectivity index (χ0n) is 13.3. The monoisotopic (exact) mass is 399 g/mol. The molecule has 8 heteroatoms. The van der Waals surface area contributed by atoms with E-state index in [1.807, 2.05) is 30.3 Å². The highest BCUT2D eigenvalue weighted by Crippen LogP contribution is 2.37. The van der Waals surface area contributed by atoms with Crippen molar-refractivity contribution in [2.45, 2.75) is 6.18 Å². The SMILES string of the molecule is O=C(Nc1cc(C(F)(F)F)ccc1Cl)C1=C(c2ccccc2)SCCO1. The van der Waals surface area contributed by atoms with E-state index in [0.717, 1.165) is 23.8 Å². The summed E-state index contributed by atoms with van der Waals surface area (Å²) in [6.07, 6.45) is -4.53. The molecule has 0 spiro atoms. The second-order valence-corrected chi connectivity index (χ2v) is 6.88. The van der Waals surface area contributed by atoms with Gasteiger partial charge in [-0.25, -0.2) is 0 Å². The van der Waals surface area contributed by atoms with E-state index in [4.69, 9.17) is 16.3 Å². The lowest BCUT2D eigenvalue weighted by Gasteiger charge is -2.21. The van der Waals surface area contributed by atoms with Crippen LogP contribution in [0.5, 0.6) is 0 Å².